The van der Waals surface area contributed by atoms with Gasteiger partial charge < -0.3 is 5.32 Å². The molecule has 3 nitrogen and oxygen atoms in total. The van der Waals surface area contributed by atoms with Crippen LogP contribution in [-0.4, -0.2) is 24.8 Å². The second kappa shape index (κ2) is 10.2. The number of hydrogen-bond donors (Lipinski definition) is 1. The molecule has 1 aliphatic heterocycles. The van der Waals surface area contributed by atoms with Gasteiger partial charge in [0.25, 0.3) is 0 Å². The lowest BCUT2D eigenvalue weighted by Crippen LogP contribution is -2.23. The van der Waals surface area contributed by atoms with Crippen LogP contribution in [-0.2, 0) is 0 Å². The summed E-state index contributed by atoms with van der Waals surface area (Å²) in [5.41, 5.74) is 2.41. The summed E-state index contributed by atoms with van der Waals surface area (Å²) in [4.78, 5) is 9.54. The van der Waals surface area contributed by atoms with Crippen molar-refractivity contribution in [3.05, 3.63) is 35.4 Å². The first kappa shape index (κ1) is 17.7. The molecule has 0 radical (unpaired) electrons. The lowest BCUT2D eigenvalue weighted by molar-refractivity contribution is 0.674. The van der Waals surface area contributed by atoms with Gasteiger partial charge in [-0.3, -0.25) is 9.98 Å². The van der Waals surface area contributed by atoms with Gasteiger partial charge in [0, 0.05) is 24.2 Å². The van der Waals surface area contributed by atoms with Crippen LogP contribution in [0, 0.1) is 0 Å². The Balaban J connectivity index is 1.96. The Morgan fingerprint density at radius 3 is 1.61 bits per heavy atom. The average Bonchev–Trinajstić information content (AvgIpc) is 2.93. The average molecular weight is 313 g/mol. The maximum atomic E-state index is 4.77. The van der Waals surface area contributed by atoms with Crippen LogP contribution in [0.2, 0.25) is 0 Å². The zero-order valence-electron chi connectivity index (χ0n) is 14.8. The van der Waals surface area contributed by atoms with Gasteiger partial charge in [0.05, 0.1) is 0 Å². The highest BCUT2D eigenvalue weighted by Gasteiger charge is 2.21. The maximum Gasteiger partial charge on any atom is 0.134 e. The lowest BCUT2D eigenvalue weighted by Gasteiger charge is -2.01. The fraction of sp³-hybridized carbons (Fsp3) is 0.600. The fourth-order valence-corrected chi connectivity index (χ4v) is 2.85. The number of nitrogens with one attached hydrogen (secondary N) is 1. The molecule has 0 aliphatic carbocycles. The molecule has 1 aliphatic rings. The number of hydrogen-bond acceptors (Lipinski definition) is 2. The Kier molecular flexibility index (Phi) is 7.85. The summed E-state index contributed by atoms with van der Waals surface area (Å²) in [6, 6.07) is 8.45. The summed E-state index contributed by atoms with van der Waals surface area (Å²) in [7, 11) is 0. The Labute approximate surface area is 141 Å². The number of benzene rings is 1. The third-order valence-corrected chi connectivity index (χ3v) is 4.24. The van der Waals surface area contributed by atoms with E-state index in [4.69, 9.17) is 9.98 Å². The van der Waals surface area contributed by atoms with Gasteiger partial charge in [-0.2, -0.15) is 0 Å². The molecule has 0 amide bonds. The SMILES string of the molecule is CCCCCCN=C1NC(=NCCCCCC)c2ccccc21. The summed E-state index contributed by atoms with van der Waals surface area (Å²) in [6.07, 6.45) is 10.0. The van der Waals surface area contributed by atoms with E-state index >= 15 is 0 Å². The zero-order chi connectivity index (χ0) is 16.3. The smallest absolute Gasteiger partial charge is 0.134 e. The van der Waals surface area contributed by atoms with Crippen molar-refractivity contribution in [3.8, 4) is 0 Å². The lowest BCUT2D eigenvalue weighted by atomic mass is 10.1. The first-order chi connectivity index (χ1) is 11.4. The monoisotopic (exact) mass is 313 g/mol. The molecule has 23 heavy (non-hydrogen) atoms. The van der Waals surface area contributed by atoms with E-state index in [1.54, 1.807) is 0 Å². The van der Waals surface area contributed by atoms with Gasteiger partial charge in [-0.25, -0.2) is 0 Å². The van der Waals surface area contributed by atoms with Crippen LogP contribution in [0.3, 0.4) is 0 Å². The van der Waals surface area contributed by atoms with Crippen LogP contribution < -0.4 is 5.32 Å². The molecule has 0 saturated carbocycles. The van der Waals surface area contributed by atoms with Gasteiger partial charge in [0.1, 0.15) is 11.7 Å². The molecule has 0 fully saturated rings. The molecular weight excluding hydrogens is 282 g/mol. The van der Waals surface area contributed by atoms with E-state index in [1.165, 1.54) is 62.5 Å². The number of rotatable bonds is 10. The molecule has 3 heteroatoms. The molecule has 0 atom stereocenters. The van der Waals surface area contributed by atoms with Crippen molar-refractivity contribution in [2.24, 2.45) is 9.98 Å². The number of unbranched alkanes of at least 4 members (excludes halogenated alkanes) is 6. The van der Waals surface area contributed by atoms with Crippen LogP contribution in [0.1, 0.15) is 76.3 Å². The highest BCUT2D eigenvalue weighted by molar-refractivity contribution is 6.25. The van der Waals surface area contributed by atoms with Crippen LogP contribution in [0.25, 0.3) is 0 Å². The summed E-state index contributed by atoms with van der Waals surface area (Å²) in [6.45, 7) is 6.29. The molecule has 1 heterocycles. The Bertz CT molecular complexity index is 484. The largest absolute Gasteiger partial charge is 0.325 e. The van der Waals surface area contributed by atoms with Crippen molar-refractivity contribution in [2.45, 2.75) is 65.2 Å². The van der Waals surface area contributed by atoms with Gasteiger partial charge in [0.2, 0.25) is 0 Å². The van der Waals surface area contributed by atoms with E-state index < -0.39 is 0 Å². The van der Waals surface area contributed by atoms with E-state index in [0.717, 1.165) is 24.8 Å². The van der Waals surface area contributed by atoms with Crippen molar-refractivity contribution in [2.75, 3.05) is 13.1 Å². The third-order valence-electron chi connectivity index (χ3n) is 4.24. The predicted octanol–water partition coefficient (Wildman–Crippen LogP) is 4.94. The number of nitrogens with zero attached hydrogens (tertiary/aromatic N) is 2. The van der Waals surface area contributed by atoms with Gasteiger partial charge in [-0.15, -0.1) is 0 Å². The van der Waals surface area contributed by atoms with E-state index in [2.05, 4.69) is 43.4 Å². The fourth-order valence-electron chi connectivity index (χ4n) is 2.85. The normalized spacial score (nSPS) is 16.8. The summed E-state index contributed by atoms with van der Waals surface area (Å²) < 4.78 is 0. The molecule has 0 unspecified atom stereocenters. The number of aliphatic imine (C=N–C) groups is 2. The van der Waals surface area contributed by atoms with Gasteiger partial charge in [-0.05, 0) is 12.8 Å². The Morgan fingerprint density at radius 1 is 0.696 bits per heavy atom. The topological polar surface area (TPSA) is 36.8 Å². The number of amidine groups is 2. The molecule has 1 N–H and O–H groups in total. The van der Waals surface area contributed by atoms with Crippen LogP contribution >= 0.6 is 0 Å². The maximum absolute atomic E-state index is 4.77. The highest BCUT2D eigenvalue weighted by atomic mass is 15.1. The van der Waals surface area contributed by atoms with Crippen molar-refractivity contribution < 1.29 is 0 Å². The third kappa shape index (κ3) is 5.49. The number of fused-ring (bicyclic) bond motifs is 1. The van der Waals surface area contributed by atoms with Crippen molar-refractivity contribution in [1.82, 2.24) is 5.32 Å². The molecule has 1 aromatic carbocycles. The summed E-state index contributed by atoms with van der Waals surface area (Å²) in [5, 5.41) is 3.44. The van der Waals surface area contributed by atoms with Gasteiger partial charge in [-0.1, -0.05) is 76.6 Å². The Morgan fingerprint density at radius 2 is 1.17 bits per heavy atom. The second-order valence-corrected chi connectivity index (χ2v) is 6.25. The van der Waals surface area contributed by atoms with Crippen LogP contribution in [0.5, 0.6) is 0 Å². The minimum Gasteiger partial charge on any atom is -0.325 e. The minimum absolute atomic E-state index is 0.903. The quantitative estimate of drug-likeness (QED) is 0.610. The first-order valence-corrected chi connectivity index (χ1v) is 9.32. The van der Waals surface area contributed by atoms with E-state index in [1.807, 2.05) is 0 Å². The standard InChI is InChI=1S/C20H31N3/c1-3-5-7-11-15-21-19-17-13-9-10-14-18(17)20(23-19)22-16-12-8-6-4-2/h9-10,13-14H,3-8,11-12,15-16H2,1-2H3,(H,21,22,23). The summed E-state index contributed by atoms with van der Waals surface area (Å²) >= 11 is 0. The van der Waals surface area contributed by atoms with E-state index in [-0.39, 0.29) is 0 Å². The molecule has 0 saturated heterocycles. The Hall–Kier alpha value is -1.64. The van der Waals surface area contributed by atoms with Gasteiger partial charge in [0.15, 0.2) is 0 Å². The highest BCUT2D eigenvalue weighted by Crippen LogP contribution is 2.17. The molecule has 0 spiro atoms. The molecular formula is C20H31N3. The predicted molar refractivity (Wildman–Crippen MR) is 101 cm³/mol. The molecule has 0 aromatic heterocycles. The molecule has 1 aromatic rings. The van der Waals surface area contributed by atoms with Crippen molar-refractivity contribution in [1.29, 1.82) is 0 Å². The van der Waals surface area contributed by atoms with Crippen molar-refractivity contribution >= 4 is 11.7 Å². The van der Waals surface area contributed by atoms with Gasteiger partial charge >= 0.3 is 0 Å². The van der Waals surface area contributed by atoms with Crippen molar-refractivity contribution in [3.63, 3.8) is 0 Å². The van der Waals surface area contributed by atoms with Crippen LogP contribution in [0.15, 0.2) is 34.3 Å². The van der Waals surface area contributed by atoms with E-state index in [0.29, 0.717) is 0 Å². The molecule has 126 valence electrons. The second-order valence-electron chi connectivity index (χ2n) is 6.25. The first-order valence-electron chi connectivity index (χ1n) is 9.32. The molecule has 0 bridgehead atoms. The molecule has 2 rings (SSSR count). The zero-order valence-corrected chi connectivity index (χ0v) is 14.8. The summed E-state index contributed by atoms with van der Waals surface area (Å²) in [5.74, 6) is 2.01. The minimum atomic E-state index is 0.903. The van der Waals surface area contributed by atoms with E-state index in [9.17, 15) is 0 Å². The van der Waals surface area contributed by atoms with Crippen LogP contribution in [0.4, 0.5) is 0 Å².